The van der Waals surface area contributed by atoms with Crippen LogP contribution in [0.4, 0.5) is 5.69 Å². The van der Waals surface area contributed by atoms with Gasteiger partial charge in [-0.2, -0.15) is 5.10 Å². The van der Waals surface area contributed by atoms with E-state index < -0.39 is 4.92 Å². The fraction of sp³-hybridized carbons (Fsp3) is 0.333. The van der Waals surface area contributed by atoms with Crippen molar-refractivity contribution in [3.8, 4) is 5.69 Å². The topological polar surface area (TPSA) is 107 Å². The first-order valence-electron chi connectivity index (χ1n) is 7.40. The van der Waals surface area contributed by atoms with E-state index in [4.69, 9.17) is 5.73 Å². The van der Waals surface area contributed by atoms with Crippen LogP contribution in [0.1, 0.15) is 23.3 Å². The van der Waals surface area contributed by atoms with Crippen LogP contribution < -0.4 is 5.73 Å². The van der Waals surface area contributed by atoms with Crippen molar-refractivity contribution >= 4 is 11.6 Å². The number of carbonyl (C=O) groups is 1. The highest BCUT2D eigenvalue weighted by Crippen LogP contribution is 2.17. The highest BCUT2D eigenvalue weighted by molar-refractivity contribution is 5.92. The zero-order valence-electron chi connectivity index (χ0n) is 12.5. The van der Waals surface area contributed by atoms with Crippen LogP contribution in [0.15, 0.2) is 36.5 Å². The minimum absolute atomic E-state index is 0.0177. The highest BCUT2D eigenvalue weighted by Gasteiger charge is 2.23. The molecule has 3 rings (SSSR count). The molecule has 8 nitrogen and oxygen atoms in total. The number of hydrogen-bond donors (Lipinski definition) is 1. The highest BCUT2D eigenvalue weighted by atomic mass is 16.6. The van der Waals surface area contributed by atoms with Crippen LogP contribution in [0, 0.1) is 10.1 Å². The lowest BCUT2D eigenvalue weighted by molar-refractivity contribution is -0.384. The molecule has 1 fully saturated rings. The number of rotatable bonds is 3. The molecule has 23 heavy (non-hydrogen) atoms. The molecular weight excluding hydrogens is 298 g/mol. The smallest absolute Gasteiger partial charge is 0.274 e. The van der Waals surface area contributed by atoms with Crippen molar-refractivity contribution in [1.82, 2.24) is 14.7 Å². The fourth-order valence-corrected chi connectivity index (χ4v) is 2.60. The Morgan fingerprint density at radius 3 is 2.74 bits per heavy atom. The van der Waals surface area contributed by atoms with Gasteiger partial charge in [0.2, 0.25) is 0 Å². The van der Waals surface area contributed by atoms with E-state index in [2.05, 4.69) is 5.10 Å². The van der Waals surface area contributed by atoms with E-state index in [1.54, 1.807) is 29.3 Å². The number of nitrogens with two attached hydrogens (primary N) is 1. The van der Waals surface area contributed by atoms with Crippen molar-refractivity contribution in [2.45, 2.75) is 18.9 Å². The molecule has 1 aromatic carbocycles. The van der Waals surface area contributed by atoms with Gasteiger partial charge in [0, 0.05) is 37.5 Å². The van der Waals surface area contributed by atoms with Gasteiger partial charge in [0.05, 0.1) is 10.6 Å². The van der Waals surface area contributed by atoms with Crippen LogP contribution in [0.3, 0.4) is 0 Å². The number of nitro benzene ring substituents is 1. The number of likely N-dealkylation sites (tertiary alicyclic amines) is 1. The molecule has 1 amide bonds. The van der Waals surface area contributed by atoms with Crippen molar-refractivity contribution in [3.63, 3.8) is 0 Å². The molecule has 1 aliphatic rings. The summed E-state index contributed by atoms with van der Waals surface area (Å²) in [4.78, 5) is 24.5. The summed E-state index contributed by atoms with van der Waals surface area (Å²) in [6, 6.07) is 7.89. The van der Waals surface area contributed by atoms with E-state index in [1.165, 1.54) is 16.8 Å². The summed E-state index contributed by atoms with van der Waals surface area (Å²) in [5, 5.41) is 15.1. The maximum absolute atomic E-state index is 12.4. The van der Waals surface area contributed by atoms with Crippen molar-refractivity contribution in [1.29, 1.82) is 0 Å². The summed E-state index contributed by atoms with van der Waals surface area (Å²) in [6.45, 7) is 1.26. The van der Waals surface area contributed by atoms with Gasteiger partial charge in [0.15, 0.2) is 5.69 Å². The van der Waals surface area contributed by atoms with E-state index in [-0.39, 0.29) is 17.6 Å². The lowest BCUT2D eigenvalue weighted by Gasteiger charge is -2.29. The maximum Gasteiger partial charge on any atom is 0.274 e. The Morgan fingerprint density at radius 1 is 1.30 bits per heavy atom. The quantitative estimate of drug-likeness (QED) is 0.679. The van der Waals surface area contributed by atoms with Gasteiger partial charge in [-0.3, -0.25) is 14.9 Å². The van der Waals surface area contributed by atoms with Crippen LogP contribution in [0.25, 0.3) is 5.69 Å². The Kier molecular flexibility index (Phi) is 4.07. The molecule has 8 heteroatoms. The third-order valence-electron chi connectivity index (χ3n) is 3.94. The SMILES string of the molecule is NC1CCN(C(=O)c2ccn(-c3cccc([N+](=O)[O-])c3)n2)CC1. The monoisotopic (exact) mass is 315 g/mol. The van der Waals surface area contributed by atoms with Crippen molar-refractivity contribution in [2.24, 2.45) is 5.73 Å². The molecular formula is C15H17N5O3. The first-order valence-corrected chi connectivity index (χ1v) is 7.40. The molecule has 2 heterocycles. The number of benzene rings is 1. The zero-order valence-corrected chi connectivity index (χ0v) is 12.5. The normalized spacial score (nSPS) is 15.6. The fourth-order valence-electron chi connectivity index (χ4n) is 2.60. The molecule has 0 atom stereocenters. The first-order chi connectivity index (χ1) is 11.0. The first kappa shape index (κ1) is 15.2. The summed E-state index contributed by atoms with van der Waals surface area (Å²) < 4.78 is 1.47. The summed E-state index contributed by atoms with van der Waals surface area (Å²) in [5.41, 5.74) is 6.69. The Bertz CT molecular complexity index is 734. The Morgan fingerprint density at radius 2 is 2.04 bits per heavy atom. The number of nitro groups is 1. The van der Waals surface area contributed by atoms with E-state index in [0.717, 1.165) is 12.8 Å². The standard InChI is InChI=1S/C15H17N5O3/c16-11-4-7-18(8-5-11)15(21)14-6-9-19(17-14)12-2-1-3-13(10-12)20(22)23/h1-3,6,9-11H,4-5,7-8,16H2. The van der Waals surface area contributed by atoms with E-state index in [1.807, 2.05) is 0 Å². The van der Waals surface area contributed by atoms with E-state index >= 15 is 0 Å². The van der Waals surface area contributed by atoms with Gasteiger partial charge in [0.25, 0.3) is 11.6 Å². The molecule has 1 aromatic heterocycles. The molecule has 2 aromatic rings. The van der Waals surface area contributed by atoms with E-state index in [0.29, 0.717) is 24.5 Å². The second-order valence-electron chi connectivity index (χ2n) is 5.55. The number of nitrogens with zero attached hydrogens (tertiary/aromatic N) is 4. The minimum Gasteiger partial charge on any atom is -0.337 e. The molecule has 0 bridgehead atoms. The van der Waals surface area contributed by atoms with Gasteiger partial charge in [-0.1, -0.05) is 6.07 Å². The number of amides is 1. The van der Waals surface area contributed by atoms with Crippen LogP contribution >= 0.6 is 0 Å². The predicted octanol–water partition coefficient (Wildman–Crippen LogP) is 1.34. The summed E-state index contributed by atoms with van der Waals surface area (Å²) in [5.74, 6) is -0.138. The second kappa shape index (κ2) is 6.17. The third kappa shape index (κ3) is 3.21. The van der Waals surface area contributed by atoms with Gasteiger partial charge in [-0.05, 0) is 25.0 Å². The third-order valence-corrected chi connectivity index (χ3v) is 3.94. The number of piperidine rings is 1. The van der Waals surface area contributed by atoms with E-state index in [9.17, 15) is 14.9 Å². The van der Waals surface area contributed by atoms with Gasteiger partial charge >= 0.3 is 0 Å². The summed E-state index contributed by atoms with van der Waals surface area (Å²) >= 11 is 0. The second-order valence-corrected chi connectivity index (χ2v) is 5.55. The average molecular weight is 315 g/mol. The lowest BCUT2D eigenvalue weighted by atomic mass is 10.1. The molecule has 0 radical (unpaired) electrons. The Labute approximate surface area is 132 Å². The number of carbonyl (C=O) groups excluding carboxylic acids is 1. The Hall–Kier alpha value is -2.74. The molecule has 0 aliphatic carbocycles. The molecule has 1 aliphatic heterocycles. The largest absolute Gasteiger partial charge is 0.337 e. The lowest BCUT2D eigenvalue weighted by Crippen LogP contribution is -2.43. The molecule has 0 spiro atoms. The number of aromatic nitrogens is 2. The van der Waals surface area contributed by atoms with Crippen LogP contribution in [-0.2, 0) is 0 Å². The van der Waals surface area contributed by atoms with Crippen molar-refractivity contribution in [3.05, 3.63) is 52.3 Å². The molecule has 0 saturated carbocycles. The van der Waals surface area contributed by atoms with Crippen molar-refractivity contribution in [2.75, 3.05) is 13.1 Å². The Balaban J connectivity index is 1.79. The minimum atomic E-state index is -0.462. The van der Waals surface area contributed by atoms with Crippen LogP contribution in [0.5, 0.6) is 0 Å². The van der Waals surface area contributed by atoms with Gasteiger partial charge in [0.1, 0.15) is 0 Å². The van der Waals surface area contributed by atoms with Crippen LogP contribution in [-0.4, -0.2) is 44.6 Å². The average Bonchev–Trinajstić information content (AvgIpc) is 3.05. The number of hydrogen-bond acceptors (Lipinski definition) is 5. The molecule has 120 valence electrons. The predicted molar refractivity (Wildman–Crippen MR) is 83.3 cm³/mol. The zero-order chi connectivity index (χ0) is 16.4. The molecule has 1 saturated heterocycles. The molecule has 2 N–H and O–H groups in total. The van der Waals surface area contributed by atoms with Crippen LogP contribution in [0.2, 0.25) is 0 Å². The maximum atomic E-state index is 12.4. The summed E-state index contributed by atoms with van der Waals surface area (Å²) in [6.07, 6.45) is 3.20. The summed E-state index contributed by atoms with van der Waals surface area (Å²) in [7, 11) is 0. The van der Waals surface area contributed by atoms with Gasteiger partial charge in [-0.15, -0.1) is 0 Å². The van der Waals surface area contributed by atoms with Crippen molar-refractivity contribution < 1.29 is 9.72 Å². The van der Waals surface area contributed by atoms with Gasteiger partial charge in [-0.25, -0.2) is 4.68 Å². The molecule has 0 unspecified atom stereocenters. The number of non-ortho nitro benzene ring substituents is 1. The van der Waals surface area contributed by atoms with Gasteiger partial charge < -0.3 is 10.6 Å².